The molecule has 1 aromatic carbocycles. The molecule has 1 heterocycles. The number of hydrogen-bond acceptors (Lipinski definition) is 3. The molecule has 6 heteroatoms. The summed E-state index contributed by atoms with van der Waals surface area (Å²) in [7, 11) is 1.78. The molecule has 0 bridgehead atoms. The van der Waals surface area contributed by atoms with Gasteiger partial charge in [0.1, 0.15) is 0 Å². The molecule has 0 spiro atoms. The molecule has 0 amide bonds. The highest BCUT2D eigenvalue weighted by molar-refractivity contribution is 14.0. The standard InChI is InChI=1S/C19H26N4O.HI/c1-4-24-18-12-16(10-11-21-18)14-23-19(20-3)22-13-15(2)17-8-6-5-7-9-17;/h5-12,15H,4,13-14H2,1-3H3,(H2,20,22,23);1H. The quantitative estimate of drug-likeness (QED) is 0.382. The van der Waals surface area contributed by atoms with Gasteiger partial charge >= 0.3 is 0 Å². The van der Waals surface area contributed by atoms with Gasteiger partial charge in [-0.25, -0.2) is 4.98 Å². The van der Waals surface area contributed by atoms with Crippen molar-refractivity contribution < 1.29 is 4.74 Å². The van der Waals surface area contributed by atoms with Gasteiger partial charge in [-0.15, -0.1) is 24.0 Å². The Morgan fingerprint density at radius 3 is 2.64 bits per heavy atom. The first-order valence-corrected chi connectivity index (χ1v) is 8.30. The number of nitrogens with one attached hydrogen (secondary N) is 2. The van der Waals surface area contributed by atoms with Crippen molar-refractivity contribution in [3.63, 3.8) is 0 Å². The minimum absolute atomic E-state index is 0. The summed E-state index contributed by atoms with van der Waals surface area (Å²) in [5.41, 5.74) is 2.42. The summed E-state index contributed by atoms with van der Waals surface area (Å²) in [5.74, 6) is 1.85. The highest BCUT2D eigenvalue weighted by Gasteiger charge is 2.06. The third-order valence-electron chi connectivity index (χ3n) is 3.72. The van der Waals surface area contributed by atoms with Crippen molar-refractivity contribution in [1.29, 1.82) is 0 Å². The summed E-state index contributed by atoms with van der Waals surface area (Å²) in [4.78, 5) is 8.45. The summed E-state index contributed by atoms with van der Waals surface area (Å²) in [6.45, 7) is 6.26. The highest BCUT2D eigenvalue weighted by Crippen LogP contribution is 2.13. The van der Waals surface area contributed by atoms with E-state index in [2.05, 4.69) is 51.8 Å². The molecule has 2 aromatic rings. The van der Waals surface area contributed by atoms with Crippen molar-refractivity contribution in [2.45, 2.75) is 26.3 Å². The van der Waals surface area contributed by atoms with Crippen LogP contribution in [0.3, 0.4) is 0 Å². The van der Waals surface area contributed by atoms with Crippen molar-refractivity contribution in [2.75, 3.05) is 20.2 Å². The second-order valence-corrected chi connectivity index (χ2v) is 5.55. The zero-order chi connectivity index (χ0) is 17.2. The molecule has 5 nitrogen and oxygen atoms in total. The number of halogens is 1. The highest BCUT2D eigenvalue weighted by atomic mass is 127. The summed E-state index contributed by atoms with van der Waals surface area (Å²) in [6, 6.07) is 14.4. The molecule has 0 aliphatic carbocycles. The van der Waals surface area contributed by atoms with Crippen molar-refractivity contribution in [3.8, 4) is 5.88 Å². The maximum atomic E-state index is 5.42. The number of hydrogen-bond donors (Lipinski definition) is 2. The number of aromatic nitrogens is 1. The first-order valence-electron chi connectivity index (χ1n) is 8.30. The van der Waals surface area contributed by atoms with Crippen LogP contribution in [0.4, 0.5) is 0 Å². The summed E-state index contributed by atoms with van der Waals surface area (Å²) in [6.07, 6.45) is 1.76. The molecule has 1 aromatic heterocycles. The average molecular weight is 454 g/mol. The molecule has 0 aliphatic heterocycles. The maximum absolute atomic E-state index is 5.42. The van der Waals surface area contributed by atoms with Gasteiger partial charge in [-0.1, -0.05) is 37.3 Å². The van der Waals surface area contributed by atoms with Gasteiger partial charge in [0.05, 0.1) is 6.61 Å². The minimum atomic E-state index is 0. The molecule has 1 atom stereocenters. The molecule has 0 fully saturated rings. The molecule has 0 saturated heterocycles. The molecule has 136 valence electrons. The Bertz CT molecular complexity index is 649. The third-order valence-corrected chi connectivity index (χ3v) is 3.72. The fourth-order valence-corrected chi connectivity index (χ4v) is 2.34. The molecule has 0 aliphatic rings. The Labute approximate surface area is 167 Å². The number of benzene rings is 1. The number of nitrogens with zero attached hydrogens (tertiary/aromatic N) is 2. The van der Waals surface area contributed by atoms with E-state index in [4.69, 9.17) is 4.74 Å². The molecule has 0 saturated carbocycles. The second-order valence-electron chi connectivity index (χ2n) is 5.55. The fraction of sp³-hybridized carbons (Fsp3) is 0.368. The molecular formula is C19H27IN4O. The van der Waals surface area contributed by atoms with Crippen molar-refractivity contribution in [2.24, 2.45) is 4.99 Å². The Kier molecular flexibility index (Phi) is 9.91. The zero-order valence-corrected chi connectivity index (χ0v) is 17.4. The minimum Gasteiger partial charge on any atom is -0.478 e. The summed E-state index contributed by atoms with van der Waals surface area (Å²) in [5, 5.41) is 6.69. The van der Waals surface area contributed by atoms with Crippen molar-refractivity contribution in [1.82, 2.24) is 15.6 Å². The Morgan fingerprint density at radius 2 is 1.96 bits per heavy atom. The van der Waals surface area contributed by atoms with Gasteiger partial charge in [0.15, 0.2) is 5.96 Å². The van der Waals surface area contributed by atoms with Crippen molar-refractivity contribution in [3.05, 3.63) is 59.8 Å². The van der Waals surface area contributed by atoms with Crippen LogP contribution in [0.1, 0.15) is 30.9 Å². The van der Waals surface area contributed by atoms with Crippen LogP contribution in [-0.4, -0.2) is 31.1 Å². The lowest BCUT2D eigenvalue weighted by atomic mass is 10.0. The van der Waals surface area contributed by atoms with Gasteiger partial charge in [-0.3, -0.25) is 4.99 Å². The summed E-state index contributed by atoms with van der Waals surface area (Å²) >= 11 is 0. The fourth-order valence-electron chi connectivity index (χ4n) is 2.34. The Balaban J connectivity index is 0.00000312. The van der Waals surface area contributed by atoms with E-state index in [1.54, 1.807) is 13.2 Å². The number of ether oxygens (including phenoxy) is 1. The Morgan fingerprint density at radius 1 is 1.20 bits per heavy atom. The lowest BCUT2D eigenvalue weighted by molar-refractivity contribution is 0.326. The van der Waals surface area contributed by atoms with Crippen LogP contribution in [-0.2, 0) is 6.54 Å². The van der Waals surface area contributed by atoms with E-state index in [-0.39, 0.29) is 24.0 Å². The number of guanidine groups is 1. The van der Waals surface area contributed by atoms with E-state index < -0.39 is 0 Å². The van der Waals surface area contributed by atoms with Gasteiger partial charge in [0, 0.05) is 32.4 Å². The van der Waals surface area contributed by atoms with Crippen LogP contribution >= 0.6 is 24.0 Å². The topological polar surface area (TPSA) is 58.5 Å². The molecule has 2 rings (SSSR count). The molecular weight excluding hydrogens is 427 g/mol. The third kappa shape index (κ3) is 7.29. The van der Waals surface area contributed by atoms with E-state index in [1.807, 2.05) is 25.1 Å². The molecule has 1 unspecified atom stereocenters. The van der Waals surface area contributed by atoms with Gasteiger partial charge in [-0.05, 0) is 30.0 Å². The first-order chi connectivity index (χ1) is 11.7. The van der Waals surface area contributed by atoms with Crippen LogP contribution in [0, 0.1) is 0 Å². The van der Waals surface area contributed by atoms with Crippen LogP contribution < -0.4 is 15.4 Å². The second kappa shape index (κ2) is 11.7. The molecule has 0 radical (unpaired) electrons. The van der Waals surface area contributed by atoms with E-state index in [1.165, 1.54) is 5.56 Å². The SMILES string of the molecule is CCOc1cc(CNC(=NC)NCC(C)c2ccccc2)ccn1.I. The van der Waals surface area contributed by atoms with Gasteiger partial charge in [0.2, 0.25) is 5.88 Å². The summed E-state index contributed by atoms with van der Waals surface area (Å²) < 4.78 is 5.42. The maximum Gasteiger partial charge on any atom is 0.213 e. The normalized spacial score (nSPS) is 12.0. The van der Waals surface area contributed by atoms with E-state index in [0.717, 1.165) is 18.1 Å². The van der Waals surface area contributed by atoms with E-state index in [9.17, 15) is 0 Å². The molecule has 2 N–H and O–H groups in total. The number of pyridine rings is 1. The van der Waals surface area contributed by atoms with Crippen LogP contribution in [0.25, 0.3) is 0 Å². The lowest BCUT2D eigenvalue weighted by Crippen LogP contribution is -2.38. The Hall–Kier alpha value is -1.83. The van der Waals surface area contributed by atoms with E-state index in [0.29, 0.717) is 24.9 Å². The predicted molar refractivity (Wildman–Crippen MR) is 114 cm³/mol. The largest absolute Gasteiger partial charge is 0.478 e. The van der Waals surface area contributed by atoms with Gasteiger partial charge in [-0.2, -0.15) is 0 Å². The monoisotopic (exact) mass is 454 g/mol. The van der Waals surface area contributed by atoms with Gasteiger partial charge in [0.25, 0.3) is 0 Å². The smallest absolute Gasteiger partial charge is 0.213 e. The van der Waals surface area contributed by atoms with Crippen LogP contribution in [0.2, 0.25) is 0 Å². The van der Waals surface area contributed by atoms with Gasteiger partial charge < -0.3 is 15.4 Å². The van der Waals surface area contributed by atoms with Crippen LogP contribution in [0.15, 0.2) is 53.7 Å². The van der Waals surface area contributed by atoms with E-state index >= 15 is 0 Å². The lowest BCUT2D eigenvalue weighted by Gasteiger charge is -2.16. The van der Waals surface area contributed by atoms with Crippen molar-refractivity contribution >= 4 is 29.9 Å². The number of aliphatic imine (C=N–C) groups is 1. The average Bonchev–Trinajstić information content (AvgIpc) is 2.63. The predicted octanol–water partition coefficient (Wildman–Crippen LogP) is 3.57. The first kappa shape index (κ1) is 21.2. The zero-order valence-electron chi connectivity index (χ0n) is 15.0. The van der Waals surface area contributed by atoms with Crippen LogP contribution in [0.5, 0.6) is 5.88 Å². The number of rotatable bonds is 7. The molecule has 25 heavy (non-hydrogen) atoms.